The van der Waals surface area contributed by atoms with Crippen LogP contribution < -0.4 is 14.8 Å². The Kier molecular flexibility index (Phi) is 5.34. The van der Waals surface area contributed by atoms with E-state index in [4.69, 9.17) is 21.1 Å². The molecule has 4 heteroatoms. The standard InChI is InChI=1S/C15H22ClNO2/c1-3-19-15-11(8-12(16)9-14(15)18-2)10-17-13-6-4-5-7-13/h8-9,13,17H,3-7,10H2,1-2H3. The van der Waals surface area contributed by atoms with Gasteiger partial charge >= 0.3 is 0 Å². The van der Waals surface area contributed by atoms with E-state index >= 15 is 0 Å². The van der Waals surface area contributed by atoms with Gasteiger partial charge in [0.05, 0.1) is 13.7 Å². The second kappa shape index (κ2) is 7.01. The highest BCUT2D eigenvalue weighted by Crippen LogP contribution is 2.35. The Bertz CT molecular complexity index is 417. The zero-order valence-corrected chi connectivity index (χ0v) is 12.4. The van der Waals surface area contributed by atoms with Crippen LogP contribution in [0.5, 0.6) is 11.5 Å². The van der Waals surface area contributed by atoms with Crippen molar-refractivity contribution in [1.82, 2.24) is 5.32 Å². The summed E-state index contributed by atoms with van der Waals surface area (Å²) in [7, 11) is 1.64. The highest BCUT2D eigenvalue weighted by molar-refractivity contribution is 6.30. The molecule has 19 heavy (non-hydrogen) atoms. The number of rotatable bonds is 6. The van der Waals surface area contributed by atoms with Crippen molar-refractivity contribution in [3.8, 4) is 11.5 Å². The summed E-state index contributed by atoms with van der Waals surface area (Å²) in [5.41, 5.74) is 1.07. The van der Waals surface area contributed by atoms with Crippen molar-refractivity contribution >= 4 is 11.6 Å². The molecule has 0 spiro atoms. The van der Waals surface area contributed by atoms with Gasteiger partial charge in [0.1, 0.15) is 0 Å². The molecule has 1 aromatic carbocycles. The van der Waals surface area contributed by atoms with Gasteiger partial charge in [-0.2, -0.15) is 0 Å². The van der Waals surface area contributed by atoms with Gasteiger partial charge in [-0.1, -0.05) is 24.4 Å². The van der Waals surface area contributed by atoms with Gasteiger partial charge in [0.15, 0.2) is 11.5 Å². The van der Waals surface area contributed by atoms with E-state index < -0.39 is 0 Å². The van der Waals surface area contributed by atoms with E-state index in [1.54, 1.807) is 13.2 Å². The lowest BCUT2D eigenvalue weighted by atomic mass is 10.1. The molecule has 1 saturated carbocycles. The largest absolute Gasteiger partial charge is 0.493 e. The van der Waals surface area contributed by atoms with Crippen molar-refractivity contribution in [2.45, 2.75) is 45.2 Å². The molecule has 3 nitrogen and oxygen atoms in total. The van der Waals surface area contributed by atoms with E-state index in [0.717, 1.165) is 17.9 Å². The smallest absolute Gasteiger partial charge is 0.165 e. The number of halogens is 1. The summed E-state index contributed by atoms with van der Waals surface area (Å²) in [6, 6.07) is 4.38. The Morgan fingerprint density at radius 1 is 1.32 bits per heavy atom. The topological polar surface area (TPSA) is 30.5 Å². The zero-order valence-electron chi connectivity index (χ0n) is 11.7. The summed E-state index contributed by atoms with van der Waals surface area (Å²) in [5, 5.41) is 4.26. The van der Waals surface area contributed by atoms with Crippen molar-refractivity contribution < 1.29 is 9.47 Å². The van der Waals surface area contributed by atoms with E-state index in [1.807, 2.05) is 13.0 Å². The van der Waals surface area contributed by atoms with E-state index in [-0.39, 0.29) is 0 Å². The number of methoxy groups -OCH3 is 1. The van der Waals surface area contributed by atoms with Gasteiger partial charge in [-0.3, -0.25) is 0 Å². The predicted molar refractivity (Wildman–Crippen MR) is 78.3 cm³/mol. The van der Waals surface area contributed by atoms with Crippen molar-refractivity contribution in [3.05, 3.63) is 22.7 Å². The minimum atomic E-state index is 0.619. The van der Waals surface area contributed by atoms with Crippen LogP contribution in [0.15, 0.2) is 12.1 Å². The van der Waals surface area contributed by atoms with Gasteiger partial charge in [0.25, 0.3) is 0 Å². The lowest BCUT2D eigenvalue weighted by Gasteiger charge is -2.17. The molecule has 0 heterocycles. The van der Waals surface area contributed by atoms with Crippen LogP contribution in [0.1, 0.15) is 38.2 Å². The molecule has 0 aliphatic heterocycles. The van der Waals surface area contributed by atoms with Crippen LogP contribution in [0.4, 0.5) is 0 Å². The van der Waals surface area contributed by atoms with Crippen LogP contribution in [0.25, 0.3) is 0 Å². The minimum absolute atomic E-state index is 0.619. The number of hydrogen-bond acceptors (Lipinski definition) is 3. The average Bonchev–Trinajstić information content (AvgIpc) is 2.91. The maximum absolute atomic E-state index is 6.13. The van der Waals surface area contributed by atoms with Crippen LogP contribution in [0, 0.1) is 0 Å². The van der Waals surface area contributed by atoms with Crippen molar-refractivity contribution in [1.29, 1.82) is 0 Å². The van der Waals surface area contributed by atoms with Gasteiger partial charge in [0.2, 0.25) is 0 Å². The van der Waals surface area contributed by atoms with Gasteiger partial charge < -0.3 is 14.8 Å². The number of benzene rings is 1. The molecule has 0 atom stereocenters. The molecular formula is C15H22ClNO2. The SMILES string of the molecule is CCOc1c(CNC2CCCC2)cc(Cl)cc1OC. The first kappa shape index (κ1) is 14.5. The predicted octanol–water partition coefficient (Wildman–Crippen LogP) is 3.78. The molecule has 0 radical (unpaired) electrons. The van der Waals surface area contributed by atoms with Crippen molar-refractivity contribution in [2.75, 3.05) is 13.7 Å². The van der Waals surface area contributed by atoms with Crippen LogP contribution in [-0.2, 0) is 6.54 Å². The third kappa shape index (κ3) is 3.77. The van der Waals surface area contributed by atoms with Crippen molar-refractivity contribution in [3.63, 3.8) is 0 Å². The fourth-order valence-electron chi connectivity index (χ4n) is 2.60. The first-order chi connectivity index (χ1) is 9.24. The Morgan fingerprint density at radius 3 is 2.68 bits per heavy atom. The summed E-state index contributed by atoms with van der Waals surface area (Å²) in [5.74, 6) is 1.51. The van der Waals surface area contributed by atoms with Crippen LogP contribution in [0.3, 0.4) is 0 Å². The lowest BCUT2D eigenvalue weighted by Crippen LogP contribution is -2.25. The molecule has 1 fully saturated rings. The zero-order chi connectivity index (χ0) is 13.7. The molecule has 0 bridgehead atoms. The molecule has 2 rings (SSSR count). The Labute approximate surface area is 120 Å². The maximum Gasteiger partial charge on any atom is 0.165 e. The molecular weight excluding hydrogens is 262 g/mol. The van der Waals surface area contributed by atoms with Crippen molar-refractivity contribution in [2.24, 2.45) is 0 Å². The fourth-order valence-corrected chi connectivity index (χ4v) is 2.83. The van der Waals surface area contributed by atoms with E-state index in [9.17, 15) is 0 Å². The van der Waals surface area contributed by atoms with Crippen LogP contribution >= 0.6 is 11.6 Å². The van der Waals surface area contributed by atoms with Gasteiger partial charge in [-0.05, 0) is 25.8 Å². The quantitative estimate of drug-likeness (QED) is 0.862. The molecule has 1 aliphatic rings. The Hall–Kier alpha value is -0.930. The lowest BCUT2D eigenvalue weighted by molar-refractivity contribution is 0.306. The summed E-state index contributed by atoms with van der Waals surface area (Å²) in [6.07, 6.45) is 5.19. The average molecular weight is 284 g/mol. The van der Waals surface area contributed by atoms with Gasteiger partial charge in [0, 0.05) is 29.2 Å². The monoisotopic (exact) mass is 283 g/mol. The second-order valence-electron chi connectivity index (χ2n) is 4.89. The molecule has 0 amide bonds. The summed E-state index contributed by atoms with van der Waals surface area (Å²) in [6.45, 7) is 3.37. The highest BCUT2D eigenvalue weighted by Gasteiger charge is 2.17. The molecule has 106 valence electrons. The Balaban J connectivity index is 2.13. The number of ether oxygens (including phenoxy) is 2. The first-order valence-corrected chi connectivity index (χ1v) is 7.35. The second-order valence-corrected chi connectivity index (χ2v) is 5.33. The first-order valence-electron chi connectivity index (χ1n) is 6.97. The van der Waals surface area contributed by atoms with Crippen LogP contribution in [-0.4, -0.2) is 19.8 Å². The third-order valence-electron chi connectivity index (χ3n) is 3.54. The van der Waals surface area contributed by atoms with Gasteiger partial charge in [-0.15, -0.1) is 0 Å². The van der Waals surface area contributed by atoms with Crippen LogP contribution in [0.2, 0.25) is 5.02 Å². The molecule has 1 N–H and O–H groups in total. The summed E-state index contributed by atoms with van der Waals surface area (Å²) >= 11 is 6.13. The molecule has 1 aliphatic carbocycles. The highest BCUT2D eigenvalue weighted by atomic mass is 35.5. The molecule has 0 unspecified atom stereocenters. The number of nitrogens with one attached hydrogen (secondary N) is 1. The van der Waals surface area contributed by atoms with Gasteiger partial charge in [-0.25, -0.2) is 0 Å². The summed E-state index contributed by atoms with van der Waals surface area (Å²) in [4.78, 5) is 0. The Morgan fingerprint density at radius 2 is 2.05 bits per heavy atom. The van der Waals surface area contributed by atoms with E-state index in [2.05, 4.69) is 5.32 Å². The molecule has 0 aromatic heterocycles. The minimum Gasteiger partial charge on any atom is -0.493 e. The van der Waals surface area contributed by atoms with E-state index in [0.29, 0.717) is 23.4 Å². The third-order valence-corrected chi connectivity index (χ3v) is 3.76. The number of hydrogen-bond donors (Lipinski definition) is 1. The van der Waals surface area contributed by atoms with E-state index in [1.165, 1.54) is 25.7 Å². The summed E-state index contributed by atoms with van der Waals surface area (Å²) < 4.78 is 11.1. The molecule has 1 aromatic rings. The normalized spacial score (nSPS) is 15.7. The molecule has 0 saturated heterocycles. The fraction of sp³-hybridized carbons (Fsp3) is 0.600. The maximum atomic E-state index is 6.13.